The van der Waals surface area contributed by atoms with Gasteiger partial charge < -0.3 is 0 Å². The Morgan fingerprint density at radius 1 is 0.769 bits per heavy atom. The van der Waals surface area contributed by atoms with Crippen molar-refractivity contribution in [3.05, 3.63) is 0 Å². The van der Waals surface area contributed by atoms with Crippen molar-refractivity contribution in [1.29, 1.82) is 0 Å². The summed E-state index contributed by atoms with van der Waals surface area (Å²) < 4.78 is 23.1. The maximum absolute atomic E-state index is 11.1. The molecule has 0 spiro atoms. The molecule has 0 radical (unpaired) electrons. The third-order valence-electron chi connectivity index (χ3n) is 1.49. The topological polar surface area (TPSA) is 40.6 Å². The molecule has 0 saturated carbocycles. The van der Waals surface area contributed by atoms with Gasteiger partial charge in [-0.15, -0.1) is 0 Å². The molecule has 0 aromatic heterocycles. The van der Waals surface area contributed by atoms with Crippen LogP contribution in [0.5, 0.6) is 0 Å². The second kappa shape index (κ2) is 2.21. The molecule has 3 aliphatic rings. The van der Waals surface area contributed by atoms with Gasteiger partial charge in [0.05, 0.1) is 0 Å². The summed E-state index contributed by atoms with van der Waals surface area (Å²) in [6, 6.07) is 0. The molecule has 0 aliphatic carbocycles. The van der Waals surface area contributed by atoms with Gasteiger partial charge in [0.15, 0.2) is 0 Å². The van der Waals surface area contributed by atoms with Gasteiger partial charge in [0.2, 0.25) is 0 Å². The molecule has 13 heavy (non-hydrogen) atoms. The molecule has 3 fully saturated rings. The van der Waals surface area contributed by atoms with Crippen molar-refractivity contribution in [1.82, 2.24) is 7.69 Å². The van der Waals surface area contributed by atoms with E-state index in [2.05, 4.69) is 0 Å². The minimum absolute atomic E-state index is 0.430. The Bertz CT molecular complexity index is 361. The quantitative estimate of drug-likeness (QED) is 0.590. The van der Waals surface area contributed by atoms with Gasteiger partial charge in [0.1, 0.15) is 0 Å². The zero-order chi connectivity index (χ0) is 10.5. The maximum atomic E-state index is 11.1. The Morgan fingerprint density at radius 2 is 1.00 bits per heavy atom. The van der Waals surface area contributed by atoms with E-state index in [1.807, 2.05) is 0 Å². The van der Waals surface area contributed by atoms with Crippen molar-refractivity contribution in [2.24, 2.45) is 0 Å². The van der Waals surface area contributed by atoms with Crippen molar-refractivity contribution in [3.63, 3.8) is 0 Å². The van der Waals surface area contributed by atoms with Crippen LogP contribution in [0.2, 0.25) is 0 Å². The summed E-state index contributed by atoms with van der Waals surface area (Å²) in [4.78, 5) is -8.22. The molecule has 0 N–H and O–H groups in total. The van der Waals surface area contributed by atoms with Crippen LogP contribution in [-0.4, -0.2) is 16.1 Å². The van der Waals surface area contributed by atoms with Crippen molar-refractivity contribution in [3.8, 4) is 0 Å². The molecule has 0 unspecified atom stereocenters. The van der Waals surface area contributed by atoms with E-state index >= 15 is 0 Å². The van der Waals surface area contributed by atoms with E-state index in [1.165, 1.54) is 0 Å². The van der Waals surface area contributed by atoms with E-state index in [1.54, 1.807) is 0 Å². The fraction of sp³-hybridized carbons (Fsp3) is 0. The molecule has 3 saturated heterocycles. The van der Waals surface area contributed by atoms with E-state index in [-0.39, 0.29) is 0 Å². The van der Waals surface area contributed by atoms with Crippen molar-refractivity contribution < 1.29 is 8.42 Å². The van der Waals surface area contributed by atoms with Gasteiger partial charge in [0.25, 0.3) is 0 Å². The van der Waals surface area contributed by atoms with Crippen LogP contribution < -0.4 is 0 Å². The molecule has 3 heterocycles. The van der Waals surface area contributed by atoms with Gasteiger partial charge in [-0.2, -0.15) is 0 Å². The van der Waals surface area contributed by atoms with Crippen molar-refractivity contribution in [2.45, 2.75) is 0 Å². The van der Waals surface area contributed by atoms with Crippen molar-refractivity contribution in [2.75, 3.05) is 0 Å². The normalized spacial score (nSPS) is 56.5. The fourth-order valence-corrected chi connectivity index (χ4v) is 40.9. The van der Waals surface area contributed by atoms with E-state index in [4.69, 9.17) is 67.4 Å². The van der Waals surface area contributed by atoms with Crippen LogP contribution >= 0.6 is 77.4 Å². The first-order valence-electron chi connectivity index (χ1n) is 2.51. The second-order valence-corrected chi connectivity index (χ2v) is 24.9. The fourth-order valence-electron chi connectivity index (χ4n) is 1.21. The molecular formula is Cl6N2O2P2S. The van der Waals surface area contributed by atoms with Gasteiger partial charge in [-0.05, 0) is 0 Å². The van der Waals surface area contributed by atoms with Gasteiger partial charge in [0, 0.05) is 0 Å². The third-order valence-corrected chi connectivity index (χ3v) is 27.4. The monoisotopic (exact) mass is 364 g/mol. The minimum atomic E-state index is -4.11. The Hall–Kier alpha value is 2.47. The number of nitrogens with zero attached hydrogens (tertiary/aromatic N) is 2. The van der Waals surface area contributed by atoms with E-state index in [0.717, 1.165) is 0 Å². The average Bonchev–Trinajstić information content (AvgIpc) is 1.44. The molecule has 80 valence electrons. The van der Waals surface area contributed by atoms with Crippen LogP contribution in [0.4, 0.5) is 0 Å². The van der Waals surface area contributed by atoms with E-state index in [0.29, 0.717) is 7.69 Å². The van der Waals surface area contributed by atoms with Crippen molar-refractivity contribution >= 4 is 87.6 Å². The van der Waals surface area contributed by atoms with Gasteiger partial charge in [-0.25, -0.2) is 0 Å². The Kier molecular flexibility index (Phi) is 2.03. The van der Waals surface area contributed by atoms with Crippen LogP contribution in [0.25, 0.3) is 0 Å². The predicted octanol–water partition coefficient (Wildman–Crippen LogP) is 4.55. The summed E-state index contributed by atoms with van der Waals surface area (Å²) in [5.41, 5.74) is 0. The molecular weight excluding hydrogens is 367 g/mol. The average molecular weight is 367 g/mol. The molecule has 13 heteroatoms. The number of hydrogen-bond donors (Lipinski definition) is 0. The molecule has 2 bridgehead atoms. The number of hydrogen-bond acceptors (Lipinski definition) is 2. The summed E-state index contributed by atoms with van der Waals surface area (Å²) in [6.45, 7) is 0. The molecule has 0 aromatic carbocycles. The van der Waals surface area contributed by atoms with Gasteiger partial charge >= 0.3 is 104 Å². The van der Waals surface area contributed by atoms with Crippen LogP contribution in [0.3, 0.4) is 0 Å². The third kappa shape index (κ3) is 1.04. The number of halogens is 6. The van der Waals surface area contributed by atoms with E-state index < -0.39 is 20.1 Å². The van der Waals surface area contributed by atoms with E-state index in [9.17, 15) is 8.42 Å². The first-order valence-corrected chi connectivity index (χ1v) is 13.6. The number of rotatable bonds is 0. The van der Waals surface area contributed by atoms with Crippen LogP contribution in [0, 0.1) is 0 Å². The second-order valence-electron chi connectivity index (χ2n) is 2.42. The Balaban J connectivity index is 2.63. The summed E-state index contributed by atoms with van der Waals surface area (Å²) in [5.74, 6) is 0. The Labute approximate surface area is 103 Å². The summed E-state index contributed by atoms with van der Waals surface area (Å²) >= 11 is 33.8. The van der Waals surface area contributed by atoms with Crippen LogP contribution in [0.1, 0.15) is 0 Å². The summed E-state index contributed by atoms with van der Waals surface area (Å²) in [5, 5.41) is 0. The predicted molar refractivity (Wildman–Crippen MR) is 61.6 cm³/mol. The molecule has 3 aliphatic heterocycles. The zero-order valence-corrected chi connectivity index (χ0v) is 12.4. The van der Waals surface area contributed by atoms with Gasteiger partial charge in [-0.1, -0.05) is 0 Å². The summed E-state index contributed by atoms with van der Waals surface area (Å²) in [7, 11) is -3.80. The molecule has 0 atom stereocenters. The SMILES string of the molecule is O=S1(=O)N2P(Cl)(Cl)(Cl)N1P2(Cl)(Cl)Cl. The first-order chi connectivity index (χ1) is 5.29. The molecule has 4 nitrogen and oxygen atoms in total. The van der Waals surface area contributed by atoms with Crippen LogP contribution in [-0.2, 0) is 10.2 Å². The zero-order valence-electron chi connectivity index (χ0n) is 5.28. The first kappa shape index (κ1) is 11.9. The van der Waals surface area contributed by atoms with Gasteiger partial charge in [-0.3, -0.25) is 0 Å². The molecule has 0 amide bonds. The molecule has 0 aromatic rings. The standard InChI is InChI=1S/Cl6N2O2P2S/c1-11(2,3)7-12(4,5,6)8(11)13(7,9)10. The Morgan fingerprint density at radius 3 is 1.00 bits per heavy atom. The summed E-state index contributed by atoms with van der Waals surface area (Å²) in [6.07, 6.45) is 0. The molecule has 3 rings (SSSR count). The van der Waals surface area contributed by atoms with Crippen LogP contribution in [0.15, 0.2) is 0 Å².